The molecule has 0 bridgehead atoms. The van der Waals surface area contributed by atoms with E-state index in [0.717, 1.165) is 19.6 Å². The number of hydrogen-bond acceptors (Lipinski definition) is 4. The SMILES string of the molecule is O=C(CCn1cncn1)N1C[C@H]2CCN[C@H]2C1. The van der Waals surface area contributed by atoms with Crippen LogP contribution >= 0.6 is 0 Å². The highest BCUT2D eigenvalue weighted by Crippen LogP contribution is 2.24. The molecule has 1 aromatic heterocycles. The normalized spacial score (nSPS) is 27.4. The van der Waals surface area contributed by atoms with E-state index in [1.807, 2.05) is 4.90 Å². The Kier molecular flexibility index (Phi) is 2.80. The molecule has 6 heteroatoms. The fourth-order valence-corrected chi connectivity index (χ4v) is 2.77. The van der Waals surface area contributed by atoms with Crippen LogP contribution in [0.25, 0.3) is 0 Å². The summed E-state index contributed by atoms with van der Waals surface area (Å²) in [7, 11) is 0. The van der Waals surface area contributed by atoms with Crippen molar-refractivity contribution in [2.45, 2.75) is 25.4 Å². The van der Waals surface area contributed by atoms with Crippen molar-refractivity contribution in [3.8, 4) is 0 Å². The van der Waals surface area contributed by atoms with E-state index in [-0.39, 0.29) is 5.91 Å². The van der Waals surface area contributed by atoms with Gasteiger partial charge in [-0.3, -0.25) is 9.48 Å². The van der Waals surface area contributed by atoms with E-state index in [9.17, 15) is 4.79 Å². The molecule has 92 valence electrons. The first-order valence-corrected chi connectivity index (χ1v) is 6.16. The van der Waals surface area contributed by atoms with Gasteiger partial charge in [0.25, 0.3) is 0 Å². The van der Waals surface area contributed by atoms with Crippen LogP contribution in [0.15, 0.2) is 12.7 Å². The number of carbonyl (C=O) groups excluding carboxylic acids is 1. The molecule has 2 saturated heterocycles. The molecular formula is C11H17N5O. The van der Waals surface area contributed by atoms with Crippen LogP contribution in [0.5, 0.6) is 0 Å². The quantitative estimate of drug-likeness (QED) is 0.766. The number of hydrogen-bond donors (Lipinski definition) is 1. The molecule has 2 atom stereocenters. The van der Waals surface area contributed by atoms with Crippen molar-refractivity contribution in [3.05, 3.63) is 12.7 Å². The fraction of sp³-hybridized carbons (Fsp3) is 0.727. The Morgan fingerprint density at radius 1 is 1.47 bits per heavy atom. The van der Waals surface area contributed by atoms with Crippen molar-refractivity contribution in [1.29, 1.82) is 0 Å². The average molecular weight is 235 g/mol. The summed E-state index contributed by atoms with van der Waals surface area (Å²) in [6, 6.07) is 0.533. The molecule has 1 N–H and O–H groups in total. The number of nitrogens with zero attached hydrogens (tertiary/aromatic N) is 4. The van der Waals surface area contributed by atoms with E-state index >= 15 is 0 Å². The lowest BCUT2D eigenvalue weighted by atomic mass is 10.1. The Morgan fingerprint density at radius 2 is 2.41 bits per heavy atom. The number of amides is 1. The minimum Gasteiger partial charge on any atom is -0.341 e. The van der Waals surface area contributed by atoms with Crippen LogP contribution in [0.2, 0.25) is 0 Å². The zero-order chi connectivity index (χ0) is 11.7. The minimum absolute atomic E-state index is 0.233. The molecule has 0 saturated carbocycles. The van der Waals surface area contributed by atoms with Gasteiger partial charge in [0, 0.05) is 25.6 Å². The van der Waals surface area contributed by atoms with E-state index < -0.39 is 0 Å². The monoisotopic (exact) mass is 235 g/mol. The number of carbonyl (C=O) groups is 1. The highest BCUT2D eigenvalue weighted by molar-refractivity contribution is 5.76. The topological polar surface area (TPSA) is 63.1 Å². The van der Waals surface area contributed by atoms with Crippen LogP contribution in [0, 0.1) is 5.92 Å². The first kappa shape index (κ1) is 10.7. The average Bonchev–Trinajstić information content (AvgIpc) is 3.01. The third-order valence-corrected chi connectivity index (χ3v) is 3.74. The first-order valence-electron chi connectivity index (χ1n) is 6.16. The molecule has 0 aliphatic carbocycles. The molecule has 17 heavy (non-hydrogen) atoms. The van der Waals surface area contributed by atoms with Gasteiger partial charge in [-0.25, -0.2) is 4.98 Å². The lowest BCUT2D eigenvalue weighted by Gasteiger charge is -2.17. The zero-order valence-electron chi connectivity index (χ0n) is 9.75. The minimum atomic E-state index is 0.233. The molecule has 2 aliphatic heterocycles. The molecule has 1 amide bonds. The number of likely N-dealkylation sites (tertiary alicyclic amines) is 1. The maximum Gasteiger partial charge on any atom is 0.224 e. The Morgan fingerprint density at radius 3 is 3.18 bits per heavy atom. The second-order valence-electron chi connectivity index (χ2n) is 4.82. The Bertz CT molecular complexity index is 379. The van der Waals surface area contributed by atoms with Gasteiger partial charge >= 0.3 is 0 Å². The van der Waals surface area contributed by atoms with Gasteiger partial charge in [0.05, 0.1) is 6.54 Å². The number of aromatic nitrogens is 3. The summed E-state index contributed by atoms with van der Waals surface area (Å²) in [6.07, 6.45) is 4.86. The van der Waals surface area contributed by atoms with Crippen LogP contribution < -0.4 is 5.32 Å². The maximum absolute atomic E-state index is 12.0. The number of aryl methyl sites for hydroxylation is 1. The third-order valence-electron chi connectivity index (χ3n) is 3.74. The van der Waals surface area contributed by atoms with Crippen molar-refractivity contribution in [2.75, 3.05) is 19.6 Å². The Hall–Kier alpha value is -1.43. The van der Waals surface area contributed by atoms with E-state index in [1.165, 1.54) is 12.7 Å². The van der Waals surface area contributed by atoms with E-state index in [0.29, 0.717) is 24.9 Å². The van der Waals surface area contributed by atoms with Crippen molar-refractivity contribution in [1.82, 2.24) is 25.0 Å². The van der Waals surface area contributed by atoms with Gasteiger partial charge < -0.3 is 10.2 Å². The van der Waals surface area contributed by atoms with Crippen LogP contribution in [-0.4, -0.2) is 51.2 Å². The van der Waals surface area contributed by atoms with Crippen LogP contribution in [0.3, 0.4) is 0 Å². The molecule has 3 rings (SSSR count). The van der Waals surface area contributed by atoms with Gasteiger partial charge in [-0.15, -0.1) is 0 Å². The third kappa shape index (κ3) is 2.17. The van der Waals surface area contributed by atoms with Gasteiger partial charge in [-0.05, 0) is 18.9 Å². The molecule has 2 fully saturated rings. The first-order chi connectivity index (χ1) is 8.33. The predicted octanol–water partition coefficient (Wildman–Crippen LogP) is -0.511. The standard InChI is InChI=1S/C11H17N5O/c17-11(2-4-16-8-12-7-14-16)15-5-9-1-3-13-10(9)6-15/h7-10,13H,1-6H2/t9-,10+/m1/s1. The van der Waals surface area contributed by atoms with Crippen molar-refractivity contribution < 1.29 is 4.79 Å². The van der Waals surface area contributed by atoms with E-state index in [1.54, 1.807) is 11.0 Å². The van der Waals surface area contributed by atoms with E-state index in [2.05, 4.69) is 15.4 Å². The van der Waals surface area contributed by atoms with Gasteiger partial charge in [0.2, 0.25) is 5.91 Å². The van der Waals surface area contributed by atoms with E-state index in [4.69, 9.17) is 0 Å². The summed E-state index contributed by atoms with van der Waals surface area (Å²) >= 11 is 0. The zero-order valence-corrected chi connectivity index (χ0v) is 9.75. The lowest BCUT2D eigenvalue weighted by molar-refractivity contribution is -0.130. The largest absolute Gasteiger partial charge is 0.341 e. The number of rotatable bonds is 3. The maximum atomic E-state index is 12.0. The summed E-state index contributed by atoms with van der Waals surface area (Å²) in [5.74, 6) is 0.905. The summed E-state index contributed by atoms with van der Waals surface area (Å²) in [5.41, 5.74) is 0. The number of fused-ring (bicyclic) bond motifs is 1. The second kappa shape index (κ2) is 4.44. The van der Waals surface area contributed by atoms with Gasteiger partial charge in [-0.1, -0.05) is 0 Å². The fourth-order valence-electron chi connectivity index (χ4n) is 2.77. The second-order valence-corrected chi connectivity index (χ2v) is 4.82. The number of nitrogens with one attached hydrogen (secondary N) is 1. The van der Waals surface area contributed by atoms with Crippen LogP contribution in [0.4, 0.5) is 0 Å². The summed E-state index contributed by atoms with van der Waals surface area (Å²) in [5, 5.41) is 7.45. The molecule has 0 radical (unpaired) electrons. The Labute approximate surface area is 100 Å². The highest BCUT2D eigenvalue weighted by Gasteiger charge is 2.37. The van der Waals surface area contributed by atoms with Crippen LogP contribution in [0.1, 0.15) is 12.8 Å². The van der Waals surface area contributed by atoms with Crippen molar-refractivity contribution >= 4 is 5.91 Å². The van der Waals surface area contributed by atoms with Crippen LogP contribution in [-0.2, 0) is 11.3 Å². The predicted molar refractivity (Wildman–Crippen MR) is 61.1 cm³/mol. The van der Waals surface area contributed by atoms with Gasteiger partial charge in [-0.2, -0.15) is 5.10 Å². The molecule has 0 aromatic carbocycles. The lowest BCUT2D eigenvalue weighted by Crippen LogP contribution is -2.34. The van der Waals surface area contributed by atoms with Crippen molar-refractivity contribution in [2.24, 2.45) is 5.92 Å². The molecule has 6 nitrogen and oxygen atoms in total. The molecular weight excluding hydrogens is 218 g/mol. The van der Waals surface area contributed by atoms with Gasteiger partial charge in [0.1, 0.15) is 12.7 Å². The summed E-state index contributed by atoms with van der Waals surface area (Å²) in [6.45, 7) is 3.53. The summed E-state index contributed by atoms with van der Waals surface area (Å²) < 4.78 is 1.70. The smallest absolute Gasteiger partial charge is 0.224 e. The Balaban J connectivity index is 1.50. The molecule has 0 spiro atoms. The molecule has 0 unspecified atom stereocenters. The molecule has 1 aromatic rings. The van der Waals surface area contributed by atoms with Crippen molar-refractivity contribution in [3.63, 3.8) is 0 Å². The molecule has 2 aliphatic rings. The molecule has 3 heterocycles. The van der Waals surface area contributed by atoms with Gasteiger partial charge in [0.15, 0.2) is 0 Å². The summed E-state index contributed by atoms with van der Waals surface area (Å²) in [4.78, 5) is 17.9. The highest BCUT2D eigenvalue weighted by atomic mass is 16.2.